The summed E-state index contributed by atoms with van der Waals surface area (Å²) in [6.07, 6.45) is 16.0. The molecule has 3 rings (SSSR count). The van der Waals surface area contributed by atoms with Crippen LogP contribution in [-0.2, 0) is 6.54 Å². The van der Waals surface area contributed by atoms with Crippen LogP contribution in [0, 0.1) is 0 Å². The Kier molecular flexibility index (Phi) is 4.96. The van der Waals surface area contributed by atoms with E-state index in [0.717, 1.165) is 19.5 Å². The summed E-state index contributed by atoms with van der Waals surface area (Å²) in [6.45, 7) is 5.62. The third kappa shape index (κ3) is 3.49. The van der Waals surface area contributed by atoms with E-state index in [1.807, 2.05) is 12.5 Å². The fraction of sp³-hybridized carbons (Fsp3) is 0.588. The average Bonchev–Trinajstić information content (AvgIpc) is 2.96. The van der Waals surface area contributed by atoms with Crippen molar-refractivity contribution >= 4 is 15.9 Å². The summed E-state index contributed by atoms with van der Waals surface area (Å²) in [5, 5.41) is 0. The summed E-state index contributed by atoms with van der Waals surface area (Å²) >= 11 is 3.66. The molecule has 0 bridgehead atoms. The van der Waals surface area contributed by atoms with E-state index in [4.69, 9.17) is 0 Å². The molecule has 1 aliphatic heterocycles. The van der Waals surface area contributed by atoms with Gasteiger partial charge in [0, 0.05) is 24.1 Å². The number of aromatic nitrogens is 2. The molecule has 0 fully saturated rings. The molecule has 0 saturated heterocycles. The number of rotatable bonds is 5. The van der Waals surface area contributed by atoms with Crippen LogP contribution < -0.4 is 0 Å². The largest absolute Gasteiger partial charge is 0.325 e. The van der Waals surface area contributed by atoms with Crippen LogP contribution in [0.1, 0.15) is 44.3 Å². The van der Waals surface area contributed by atoms with Gasteiger partial charge in [0.15, 0.2) is 0 Å². The first-order valence-electron chi connectivity index (χ1n) is 8.03. The van der Waals surface area contributed by atoms with Crippen molar-refractivity contribution in [1.29, 1.82) is 0 Å². The molecule has 4 heteroatoms. The van der Waals surface area contributed by atoms with Gasteiger partial charge in [-0.25, -0.2) is 4.98 Å². The molecule has 0 saturated carbocycles. The van der Waals surface area contributed by atoms with Gasteiger partial charge in [-0.05, 0) is 25.0 Å². The Morgan fingerprint density at radius 2 is 2.29 bits per heavy atom. The fourth-order valence-electron chi connectivity index (χ4n) is 3.24. The lowest BCUT2D eigenvalue weighted by Crippen LogP contribution is -2.38. The Balaban J connectivity index is 1.75. The molecule has 0 spiro atoms. The first-order valence-corrected chi connectivity index (χ1v) is 8.95. The van der Waals surface area contributed by atoms with Gasteiger partial charge in [0.1, 0.15) is 0 Å². The van der Waals surface area contributed by atoms with Gasteiger partial charge in [0.25, 0.3) is 0 Å². The summed E-state index contributed by atoms with van der Waals surface area (Å²) in [6, 6.07) is 0.425. The first kappa shape index (κ1) is 15.0. The molecule has 0 N–H and O–H groups in total. The molecule has 2 heterocycles. The molecule has 1 aliphatic carbocycles. The number of hydrogen-bond acceptors (Lipinski definition) is 2. The van der Waals surface area contributed by atoms with E-state index in [9.17, 15) is 0 Å². The number of allylic oxidation sites excluding steroid dienone is 3. The molecule has 2 unspecified atom stereocenters. The van der Waals surface area contributed by atoms with Crippen molar-refractivity contribution in [2.45, 2.75) is 50.0 Å². The van der Waals surface area contributed by atoms with Gasteiger partial charge in [-0.1, -0.05) is 53.9 Å². The molecule has 1 aromatic heterocycles. The lowest BCUT2D eigenvalue weighted by molar-refractivity contribution is 0.196. The molecule has 0 radical (unpaired) electrons. The Bertz CT molecular complexity index is 532. The molecule has 1 aromatic rings. The van der Waals surface area contributed by atoms with Gasteiger partial charge in [0.05, 0.1) is 18.1 Å². The van der Waals surface area contributed by atoms with Crippen LogP contribution >= 0.6 is 15.9 Å². The zero-order valence-corrected chi connectivity index (χ0v) is 14.3. The number of unbranched alkanes of at least 4 members (excludes halogenated alkanes) is 2. The maximum atomic E-state index is 4.37. The third-order valence-corrected chi connectivity index (χ3v) is 5.12. The highest BCUT2D eigenvalue weighted by Crippen LogP contribution is 2.31. The Morgan fingerprint density at radius 1 is 1.38 bits per heavy atom. The van der Waals surface area contributed by atoms with Crippen molar-refractivity contribution in [2.24, 2.45) is 0 Å². The zero-order valence-electron chi connectivity index (χ0n) is 12.7. The van der Waals surface area contributed by atoms with E-state index >= 15 is 0 Å². The highest BCUT2D eigenvalue weighted by atomic mass is 79.9. The monoisotopic (exact) mass is 349 g/mol. The average molecular weight is 350 g/mol. The van der Waals surface area contributed by atoms with Gasteiger partial charge in [0.2, 0.25) is 0 Å². The van der Waals surface area contributed by atoms with E-state index in [2.05, 4.69) is 55.5 Å². The number of alkyl halides is 1. The van der Waals surface area contributed by atoms with Crippen molar-refractivity contribution in [3.63, 3.8) is 0 Å². The van der Waals surface area contributed by atoms with Crippen molar-refractivity contribution in [1.82, 2.24) is 14.5 Å². The van der Waals surface area contributed by atoms with Gasteiger partial charge < -0.3 is 4.57 Å². The van der Waals surface area contributed by atoms with Gasteiger partial charge in [-0.3, -0.25) is 4.90 Å². The zero-order chi connectivity index (χ0) is 14.7. The maximum Gasteiger partial charge on any atom is 0.0954 e. The van der Waals surface area contributed by atoms with Crippen molar-refractivity contribution in [3.8, 4) is 0 Å². The molecular formula is C17H24BrN3. The normalized spacial score (nSPS) is 25.7. The standard InChI is InChI=1S/C17H24BrN3/c1-2-3-4-9-20-11-16-10-19-13-21(16)17(12-20)14-5-7-15(18)8-6-14/h5-7,10,13,15,17H,2-4,8-9,11-12H2,1H3. The molecule has 21 heavy (non-hydrogen) atoms. The second-order valence-electron chi connectivity index (χ2n) is 6.07. The molecule has 2 atom stereocenters. The number of fused-ring (bicyclic) bond motifs is 1. The number of nitrogens with zero attached hydrogens (tertiary/aromatic N) is 3. The van der Waals surface area contributed by atoms with Crippen LogP contribution in [0.5, 0.6) is 0 Å². The molecule has 114 valence electrons. The lowest BCUT2D eigenvalue weighted by atomic mass is 9.97. The highest BCUT2D eigenvalue weighted by Gasteiger charge is 2.27. The van der Waals surface area contributed by atoms with Gasteiger partial charge in [-0.2, -0.15) is 0 Å². The highest BCUT2D eigenvalue weighted by molar-refractivity contribution is 9.09. The Hall–Kier alpha value is -0.870. The summed E-state index contributed by atoms with van der Waals surface area (Å²) in [4.78, 5) is 7.45. The Morgan fingerprint density at radius 3 is 3.05 bits per heavy atom. The van der Waals surface area contributed by atoms with Crippen LogP contribution in [0.15, 0.2) is 36.3 Å². The molecule has 0 aromatic carbocycles. The molecule has 3 nitrogen and oxygen atoms in total. The molecule has 2 aliphatic rings. The summed E-state index contributed by atoms with van der Waals surface area (Å²) < 4.78 is 2.36. The van der Waals surface area contributed by atoms with Crippen LogP contribution in [0.25, 0.3) is 0 Å². The van der Waals surface area contributed by atoms with Crippen LogP contribution in [0.3, 0.4) is 0 Å². The SMILES string of the molecule is CCCCCN1Cc2cncn2C(C2=CCC(Br)C=C2)C1. The first-order chi connectivity index (χ1) is 10.3. The van der Waals surface area contributed by atoms with Crippen LogP contribution in [0.2, 0.25) is 0 Å². The van der Waals surface area contributed by atoms with Crippen molar-refractivity contribution < 1.29 is 0 Å². The van der Waals surface area contributed by atoms with E-state index in [1.165, 1.54) is 37.1 Å². The second-order valence-corrected chi connectivity index (χ2v) is 7.24. The number of hydrogen-bond donors (Lipinski definition) is 0. The van der Waals surface area contributed by atoms with E-state index in [1.54, 1.807) is 0 Å². The van der Waals surface area contributed by atoms with E-state index in [-0.39, 0.29) is 0 Å². The van der Waals surface area contributed by atoms with Crippen LogP contribution in [0.4, 0.5) is 0 Å². The maximum absolute atomic E-state index is 4.37. The van der Waals surface area contributed by atoms with E-state index in [0.29, 0.717) is 10.9 Å². The minimum Gasteiger partial charge on any atom is -0.325 e. The topological polar surface area (TPSA) is 21.1 Å². The summed E-state index contributed by atoms with van der Waals surface area (Å²) in [5.74, 6) is 0. The van der Waals surface area contributed by atoms with Gasteiger partial charge in [-0.15, -0.1) is 0 Å². The predicted molar refractivity (Wildman–Crippen MR) is 90.6 cm³/mol. The minimum atomic E-state index is 0.425. The third-order valence-electron chi connectivity index (χ3n) is 4.44. The summed E-state index contributed by atoms with van der Waals surface area (Å²) in [5.41, 5.74) is 2.78. The van der Waals surface area contributed by atoms with Crippen molar-refractivity contribution in [2.75, 3.05) is 13.1 Å². The molecule has 0 amide bonds. The van der Waals surface area contributed by atoms with Crippen LogP contribution in [-0.4, -0.2) is 32.4 Å². The quantitative estimate of drug-likeness (QED) is 0.589. The Labute approximate surface area is 135 Å². The molecular weight excluding hydrogens is 326 g/mol. The fourth-order valence-corrected chi connectivity index (χ4v) is 3.58. The van der Waals surface area contributed by atoms with Crippen molar-refractivity contribution in [3.05, 3.63) is 42.0 Å². The number of halogens is 1. The summed E-state index contributed by atoms with van der Waals surface area (Å²) in [7, 11) is 0. The predicted octanol–water partition coefficient (Wildman–Crippen LogP) is 4.08. The number of imidazole rings is 1. The lowest BCUT2D eigenvalue weighted by Gasteiger charge is -2.36. The van der Waals surface area contributed by atoms with E-state index < -0.39 is 0 Å². The van der Waals surface area contributed by atoms with Gasteiger partial charge >= 0.3 is 0 Å². The second kappa shape index (κ2) is 6.93. The minimum absolute atomic E-state index is 0.425. The smallest absolute Gasteiger partial charge is 0.0954 e.